The van der Waals surface area contributed by atoms with Crippen LogP contribution in [0.25, 0.3) is 11.1 Å². The fraction of sp³-hybridized carbons (Fsp3) is 0.321. The number of carbonyl (C=O) groups excluding carboxylic acids is 1. The lowest BCUT2D eigenvalue weighted by Crippen LogP contribution is -2.43. The standard InChI is InChI=1S/C28H32N2O2/c1-20-8-3-14-27(21(20)2)32-28(15-7-17-31)30-16-6-12-25-24(11-5-13-26(25)30)23-10-4-9-22(18-23)19-29/h3-5,8-11,13-14,17-18,28H,6-7,12,15-16,19,29H2,1-2H3. The Morgan fingerprint density at radius 3 is 2.72 bits per heavy atom. The average molecular weight is 429 g/mol. The SMILES string of the molecule is Cc1cccc(OC(CCC=O)N2CCCc3c(-c4cccc(CN)c4)cccc32)c1C. The molecule has 4 rings (SSSR count). The van der Waals surface area contributed by atoms with Crippen molar-refractivity contribution in [3.63, 3.8) is 0 Å². The highest BCUT2D eigenvalue weighted by molar-refractivity contribution is 5.76. The van der Waals surface area contributed by atoms with E-state index in [0.717, 1.165) is 42.5 Å². The third-order valence-corrected chi connectivity index (χ3v) is 6.46. The van der Waals surface area contributed by atoms with Crippen molar-refractivity contribution in [1.29, 1.82) is 0 Å². The van der Waals surface area contributed by atoms with Gasteiger partial charge in [0.2, 0.25) is 0 Å². The summed E-state index contributed by atoms with van der Waals surface area (Å²) in [6.45, 7) is 5.63. The second-order valence-corrected chi connectivity index (χ2v) is 8.52. The van der Waals surface area contributed by atoms with Crippen LogP contribution in [0.15, 0.2) is 60.7 Å². The molecule has 0 saturated heterocycles. The molecule has 0 spiro atoms. The van der Waals surface area contributed by atoms with Gasteiger partial charge in [0.1, 0.15) is 12.0 Å². The summed E-state index contributed by atoms with van der Waals surface area (Å²) in [5.41, 5.74) is 14.4. The van der Waals surface area contributed by atoms with Crippen LogP contribution in [0.2, 0.25) is 0 Å². The van der Waals surface area contributed by atoms with Gasteiger partial charge in [-0.3, -0.25) is 0 Å². The summed E-state index contributed by atoms with van der Waals surface area (Å²) < 4.78 is 6.56. The number of aryl methyl sites for hydroxylation is 1. The van der Waals surface area contributed by atoms with Gasteiger partial charge in [-0.15, -0.1) is 0 Å². The Hall–Kier alpha value is -3.11. The number of ether oxygens (including phenoxy) is 1. The molecule has 4 heteroatoms. The normalized spacial score (nSPS) is 14.0. The molecule has 0 bridgehead atoms. The molecule has 0 aromatic heterocycles. The predicted octanol–water partition coefficient (Wildman–Crippen LogP) is 5.57. The lowest BCUT2D eigenvalue weighted by Gasteiger charge is -2.38. The van der Waals surface area contributed by atoms with E-state index in [4.69, 9.17) is 10.5 Å². The van der Waals surface area contributed by atoms with Gasteiger partial charge in [-0.2, -0.15) is 0 Å². The number of hydrogen-bond acceptors (Lipinski definition) is 4. The Morgan fingerprint density at radius 2 is 1.91 bits per heavy atom. The molecule has 2 N–H and O–H groups in total. The number of hydrogen-bond donors (Lipinski definition) is 1. The van der Waals surface area contributed by atoms with Crippen molar-refractivity contribution < 1.29 is 9.53 Å². The van der Waals surface area contributed by atoms with Gasteiger partial charge in [0.25, 0.3) is 0 Å². The van der Waals surface area contributed by atoms with Crippen molar-refractivity contribution in [2.24, 2.45) is 5.73 Å². The summed E-state index contributed by atoms with van der Waals surface area (Å²) in [5.74, 6) is 0.889. The Morgan fingerprint density at radius 1 is 1.09 bits per heavy atom. The van der Waals surface area contributed by atoms with Gasteiger partial charge in [-0.05, 0) is 78.3 Å². The molecule has 1 atom stereocenters. The van der Waals surface area contributed by atoms with Crippen LogP contribution in [0.4, 0.5) is 5.69 Å². The molecule has 32 heavy (non-hydrogen) atoms. The quantitative estimate of drug-likeness (QED) is 0.477. The number of carbonyl (C=O) groups is 1. The predicted molar refractivity (Wildman–Crippen MR) is 131 cm³/mol. The summed E-state index contributed by atoms with van der Waals surface area (Å²) >= 11 is 0. The number of benzene rings is 3. The zero-order valence-electron chi connectivity index (χ0n) is 19.0. The topological polar surface area (TPSA) is 55.6 Å². The second-order valence-electron chi connectivity index (χ2n) is 8.52. The zero-order chi connectivity index (χ0) is 22.5. The van der Waals surface area contributed by atoms with Crippen molar-refractivity contribution in [3.8, 4) is 16.9 Å². The molecule has 0 fully saturated rings. The van der Waals surface area contributed by atoms with E-state index in [-0.39, 0.29) is 6.23 Å². The first-order valence-electron chi connectivity index (χ1n) is 11.5. The van der Waals surface area contributed by atoms with E-state index in [1.165, 1.54) is 27.9 Å². The number of nitrogens with zero attached hydrogens (tertiary/aromatic N) is 1. The monoisotopic (exact) mass is 428 g/mol. The number of nitrogens with two attached hydrogens (primary N) is 1. The minimum atomic E-state index is -0.189. The van der Waals surface area contributed by atoms with Gasteiger partial charge in [0.05, 0.1) is 0 Å². The number of aldehydes is 1. The van der Waals surface area contributed by atoms with Crippen LogP contribution < -0.4 is 15.4 Å². The Balaban J connectivity index is 1.72. The smallest absolute Gasteiger partial charge is 0.172 e. The van der Waals surface area contributed by atoms with E-state index >= 15 is 0 Å². The third kappa shape index (κ3) is 4.56. The van der Waals surface area contributed by atoms with Crippen LogP contribution in [0, 0.1) is 13.8 Å². The molecule has 3 aromatic rings. The first kappa shape index (κ1) is 22.1. The van der Waals surface area contributed by atoms with Gasteiger partial charge in [0.15, 0.2) is 6.23 Å². The van der Waals surface area contributed by atoms with E-state index in [0.29, 0.717) is 19.4 Å². The maximum absolute atomic E-state index is 11.2. The first-order chi connectivity index (χ1) is 15.6. The van der Waals surface area contributed by atoms with Crippen LogP contribution in [-0.2, 0) is 17.8 Å². The summed E-state index contributed by atoms with van der Waals surface area (Å²) in [6.07, 6.45) is 4.00. The van der Waals surface area contributed by atoms with E-state index in [9.17, 15) is 4.79 Å². The number of rotatable bonds is 8. The molecule has 166 valence electrons. The first-order valence-corrected chi connectivity index (χ1v) is 11.5. The molecular weight excluding hydrogens is 396 g/mol. The lowest BCUT2D eigenvalue weighted by atomic mass is 9.91. The van der Waals surface area contributed by atoms with Crippen molar-refractivity contribution in [2.45, 2.75) is 52.3 Å². The van der Waals surface area contributed by atoms with E-state index in [1.807, 2.05) is 12.1 Å². The summed E-state index contributed by atoms with van der Waals surface area (Å²) in [4.78, 5) is 13.6. The van der Waals surface area contributed by atoms with Crippen molar-refractivity contribution >= 4 is 12.0 Å². The fourth-order valence-corrected chi connectivity index (χ4v) is 4.58. The molecule has 4 nitrogen and oxygen atoms in total. The van der Waals surface area contributed by atoms with E-state index in [1.54, 1.807) is 0 Å². The van der Waals surface area contributed by atoms with Crippen molar-refractivity contribution in [2.75, 3.05) is 11.4 Å². The Labute approximate surface area is 191 Å². The van der Waals surface area contributed by atoms with Crippen LogP contribution in [0.3, 0.4) is 0 Å². The molecule has 1 unspecified atom stereocenters. The minimum Gasteiger partial charge on any atom is -0.470 e. The van der Waals surface area contributed by atoms with Crippen LogP contribution >= 0.6 is 0 Å². The highest BCUT2D eigenvalue weighted by Gasteiger charge is 2.27. The molecule has 0 amide bonds. The minimum absolute atomic E-state index is 0.189. The van der Waals surface area contributed by atoms with Crippen molar-refractivity contribution in [1.82, 2.24) is 0 Å². The highest BCUT2D eigenvalue weighted by Crippen LogP contribution is 2.38. The van der Waals surface area contributed by atoms with E-state index in [2.05, 4.69) is 67.3 Å². The lowest BCUT2D eigenvalue weighted by molar-refractivity contribution is -0.108. The largest absolute Gasteiger partial charge is 0.470 e. The molecule has 1 heterocycles. The maximum Gasteiger partial charge on any atom is 0.172 e. The van der Waals surface area contributed by atoms with Gasteiger partial charge in [-0.25, -0.2) is 0 Å². The molecule has 1 aliphatic rings. The molecule has 3 aromatic carbocycles. The molecule has 1 aliphatic heterocycles. The molecular formula is C28H32N2O2. The van der Waals surface area contributed by atoms with Crippen LogP contribution in [-0.4, -0.2) is 19.1 Å². The van der Waals surface area contributed by atoms with Gasteiger partial charge in [-0.1, -0.05) is 42.5 Å². The zero-order valence-corrected chi connectivity index (χ0v) is 19.0. The van der Waals surface area contributed by atoms with Crippen LogP contribution in [0.5, 0.6) is 5.75 Å². The number of anilines is 1. The van der Waals surface area contributed by atoms with E-state index < -0.39 is 0 Å². The van der Waals surface area contributed by atoms with Crippen LogP contribution in [0.1, 0.15) is 41.5 Å². The summed E-state index contributed by atoms with van der Waals surface area (Å²) in [6, 6.07) is 21.1. The summed E-state index contributed by atoms with van der Waals surface area (Å²) in [7, 11) is 0. The Kier molecular flexibility index (Phi) is 6.91. The highest BCUT2D eigenvalue weighted by atomic mass is 16.5. The molecule has 0 saturated carbocycles. The van der Waals surface area contributed by atoms with Gasteiger partial charge < -0.3 is 20.2 Å². The molecule has 0 aliphatic carbocycles. The number of fused-ring (bicyclic) bond motifs is 1. The Bertz CT molecular complexity index is 1090. The average Bonchev–Trinajstić information content (AvgIpc) is 2.83. The van der Waals surface area contributed by atoms with Crippen molar-refractivity contribution in [3.05, 3.63) is 82.9 Å². The summed E-state index contributed by atoms with van der Waals surface area (Å²) in [5, 5.41) is 0. The maximum atomic E-state index is 11.2. The van der Waals surface area contributed by atoms with Gasteiger partial charge in [0, 0.05) is 31.6 Å². The molecule has 0 radical (unpaired) electrons. The fourth-order valence-electron chi connectivity index (χ4n) is 4.58. The third-order valence-electron chi connectivity index (χ3n) is 6.46. The second kappa shape index (κ2) is 10.0. The van der Waals surface area contributed by atoms with Gasteiger partial charge >= 0.3 is 0 Å².